The van der Waals surface area contributed by atoms with E-state index in [2.05, 4.69) is 104 Å². The summed E-state index contributed by atoms with van der Waals surface area (Å²) in [4.78, 5) is 12.4. The number of unbranched alkanes of at least 4 members (excludes halogenated alkanes) is 24. The van der Waals surface area contributed by atoms with Crippen molar-refractivity contribution >= 4 is 5.91 Å². The highest BCUT2D eigenvalue weighted by Crippen LogP contribution is 2.15. The van der Waals surface area contributed by atoms with E-state index in [0.717, 1.165) is 70.6 Å². The lowest BCUT2D eigenvalue weighted by Gasteiger charge is -2.20. The van der Waals surface area contributed by atoms with Crippen molar-refractivity contribution in [2.24, 2.45) is 0 Å². The Kier molecular flexibility index (Phi) is 48.4. The Balaban J connectivity index is 3.55. The molecular formula is C56H97NO3. The van der Waals surface area contributed by atoms with Gasteiger partial charge in [-0.05, 0) is 77.0 Å². The largest absolute Gasteiger partial charge is 0.394 e. The van der Waals surface area contributed by atoms with Crippen LogP contribution in [0.5, 0.6) is 0 Å². The number of allylic oxidation sites excluding steroid dienone is 15. The van der Waals surface area contributed by atoms with E-state index >= 15 is 0 Å². The fraction of sp³-hybridized carbons (Fsp3) is 0.696. The average Bonchev–Trinajstić information content (AvgIpc) is 3.25. The van der Waals surface area contributed by atoms with E-state index < -0.39 is 12.1 Å². The van der Waals surface area contributed by atoms with Gasteiger partial charge in [0.1, 0.15) is 0 Å². The summed E-state index contributed by atoms with van der Waals surface area (Å²) >= 11 is 0. The van der Waals surface area contributed by atoms with Crippen molar-refractivity contribution in [3.8, 4) is 0 Å². The molecule has 2 atom stereocenters. The Morgan fingerprint density at radius 2 is 0.733 bits per heavy atom. The Hall–Kier alpha value is -2.69. The van der Waals surface area contributed by atoms with Crippen molar-refractivity contribution < 1.29 is 15.0 Å². The van der Waals surface area contributed by atoms with Crippen molar-refractivity contribution in [3.63, 3.8) is 0 Å². The van der Waals surface area contributed by atoms with Crippen LogP contribution in [-0.2, 0) is 4.79 Å². The number of hydrogen-bond acceptors (Lipinski definition) is 3. The summed E-state index contributed by atoms with van der Waals surface area (Å²) in [6.07, 6.45) is 75.4. The zero-order valence-electron chi connectivity index (χ0n) is 39.4. The van der Waals surface area contributed by atoms with E-state index in [1.54, 1.807) is 6.08 Å². The predicted molar refractivity (Wildman–Crippen MR) is 266 cm³/mol. The highest BCUT2D eigenvalue weighted by atomic mass is 16.3. The molecule has 3 N–H and O–H groups in total. The first kappa shape index (κ1) is 57.3. The lowest BCUT2D eigenvalue weighted by Crippen LogP contribution is -2.45. The monoisotopic (exact) mass is 832 g/mol. The molecule has 60 heavy (non-hydrogen) atoms. The van der Waals surface area contributed by atoms with Gasteiger partial charge in [0.15, 0.2) is 0 Å². The molecule has 0 heterocycles. The molecule has 0 saturated carbocycles. The molecule has 0 fully saturated rings. The van der Waals surface area contributed by atoms with Gasteiger partial charge in [-0.2, -0.15) is 0 Å². The molecule has 0 aliphatic carbocycles. The number of aliphatic hydroxyl groups excluding tert-OH is 2. The third-order valence-electron chi connectivity index (χ3n) is 11.1. The van der Waals surface area contributed by atoms with Crippen LogP contribution in [0.15, 0.2) is 97.2 Å². The van der Waals surface area contributed by atoms with E-state index in [-0.39, 0.29) is 12.5 Å². The summed E-state index contributed by atoms with van der Waals surface area (Å²) in [5.74, 6) is -0.0693. The van der Waals surface area contributed by atoms with Crippen LogP contribution in [0, 0.1) is 0 Å². The van der Waals surface area contributed by atoms with Crippen molar-refractivity contribution in [2.75, 3.05) is 6.61 Å². The second-order valence-corrected chi connectivity index (χ2v) is 16.9. The summed E-state index contributed by atoms with van der Waals surface area (Å²) in [6.45, 7) is 4.18. The molecule has 0 aliphatic rings. The Morgan fingerprint density at radius 1 is 0.417 bits per heavy atom. The third-order valence-corrected chi connectivity index (χ3v) is 11.1. The summed E-state index contributed by atoms with van der Waals surface area (Å²) < 4.78 is 0. The number of carbonyl (C=O) groups is 1. The molecule has 0 spiro atoms. The molecule has 0 aliphatic heterocycles. The zero-order valence-corrected chi connectivity index (χ0v) is 39.4. The summed E-state index contributed by atoms with van der Waals surface area (Å²) in [5.41, 5.74) is 0. The fourth-order valence-corrected chi connectivity index (χ4v) is 7.22. The maximum absolute atomic E-state index is 12.4. The Labute approximate surface area is 373 Å². The highest BCUT2D eigenvalue weighted by molar-refractivity contribution is 5.76. The first-order chi connectivity index (χ1) is 29.7. The lowest BCUT2D eigenvalue weighted by molar-refractivity contribution is -0.123. The minimum atomic E-state index is -0.843. The first-order valence-corrected chi connectivity index (χ1v) is 25.5. The van der Waals surface area contributed by atoms with E-state index in [4.69, 9.17) is 0 Å². The highest BCUT2D eigenvalue weighted by Gasteiger charge is 2.17. The number of nitrogens with one attached hydrogen (secondary N) is 1. The van der Waals surface area contributed by atoms with Crippen molar-refractivity contribution in [1.29, 1.82) is 0 Å². The number of rotatable bonds is 45. The van der Waals surface area contributed by atoms with Gasteiger partial charge in [-0.25, -0.2) is 0 Å². The van der Waals surface area contributed by atoms with Gasteiger partial charge in [-0.1, -0.05) is 246 Å². The lowest BCUT2D eigenvalue weighted by atomic mass is 10.0. The smallest absolute Gasteiger partial charge is 0.220 e. The maximum Gasteiger partial charge on any atom is 0.220 e. The SMILES string of the molecule is CC/C=C\C/C=C\C/C=C\C/C=C\C/C=C\C/C=C\C/C=C\CCCCCCCCCCCCCCCC(=O)NC(CO)C(O)/C=C/CCCCCCCCCCCCC. The summed E-state index contributed by atoms with van der Waals surface area (Å²) in [7, 11) is 0. The number of amides is 1. The molecule has 344 valence electrons. The minimum absolute atomic E-state index is 0.0693. The van der Waals surface area contributed by atoms with Gasteiger partial charge in [0, 0.05) is 6.42 Å². The van der Waals surface area contributed by atoms with E-state index in [0.29, 0.717) is 6.42 Å². The van der Waals surface area contributed by atoms with Gasteiger partial charge in [0.25, 0.3) is 0 Å². The number of carbonyl (C=O) groups excluding carboxylic acids is 1. The standard InChI is InChI=1S/C56H97NO3/c1-3-5-7-9-11-13-15-17-18-19-20-21-22-23-24-25-26-27-28-29-30-31-32-33-34-35-36-37-38-40-42-44-46-48-50-52-56(60)57-54(53-58)55(59)51-49-47-45-43-41-39-16-14-12-10-8-6-4-2/h5,7,11,13,17-18,20-21,23-24,26-27,29-30,49,51,54-55,58-59H,3-4,6,8-10,12,14-16,19,22,25,28,31-48,50,52-53H2,1-2H3,(H,57,60)/b7-5-,13-11-,18-17-,21-20-,24-23-,27-26-,30-29-,51-49+. The molecule has 4 heteroatoms. The van der Waals surface area contributed by atoms with Crippen LogP contribution >= 0.6 is 0 Å². The van der Waals surface area contributed by atoms with Crippen LogP contribution < -0.4 is 5.32 Å². The second-order valence-electron chi connectivity index (χ2n) is 16.9. The Morgan fingerprint density at radius 3 is 1.10 bits per heavy atom. The van der Waals surface area contributed by atoms with E-state index in [1.165, 1.54) is 141 Å². The number of hydrogen-bond donors (Lipinski definition) is 3. The topological polar surface area (TPSA) is 69.6 Å². The molecule has 0 aromatic heterocycles. The zero-order chi connectivity index (χ0) is 43.5. The quantitative estimate of drug-likeness (QED) is 0.0423. The van der Waals surface area contributed by atoms with Crippen LogP contribution in [0.1, 0.15) is 232 Å². The molecule has 2 unspecified atom stereocenters. The van der Waals surface area contributed by atoms with Crippen LogP contribution in [0.2, 0.25) is 0 Å². The van der Waals surface area contributed by atoms with Gasteiger partial charge in [-0.15, -0.1) is 0 Å². The van der Waals surface area contributed by atoms with Gasteiger partial charge < -0.3 is 15.5 Å². The first-order valence-electron chi connectivity index (χ1n) is 25.5. The molecular weight excluding hydrogens is 735 g/mol. The molecule has 0 aromatic carbocycles. The van der Waals surface area contributed by atoms with Crippen molar-refractivity contribution in [1.82, 2.24) is 5.32 Å². The maximum atomic E-state index is 12.4. The molecule has 0 radical (unpaired) electrons. The molecule has 0 rings (SSSR count). The molecule has 0 bridgehead atoms. The van der Waals surface area contributed by atoms with Crippen LogP contribution in [0.25, 0.3) is 0 Å². The number of aliphatic hydroxyl groups is 2. The van der Waals surface area contributed by atoms with Crippen molar-refractivity contribution in [2.45, 2.75) is 244 Å². The second kappa shape index (κ2) is 50.7. The Bertz CT molecular complexity index is 1130. The molecule has 0 saturated heterocycles. The van der Waals surface area contributed by atoms with E-state index in [9.17, 15) is 15.0 Å². The minimum Gasteiger partial charge on any atom is -0.394 e. The van der Waals surface area contributed by atoms with Gasteiger partial charge in [0.2, 0.25) is 5.91 Å². The average molecular weight is 832 g/mol. The van der Waals surface area contributed by atoms with Gasteiger partial charge in [-0.3, -0.25) is 4.79 Å². The summed E-state index contributed by atoms with van der Waals surface area (Å²) in [5, 5.41) is 23.0. The molecule has 1 amide bonds. The van der Waals surface area contributed by atoms with Crippen LogP contribution in [-0.4, -0.2) is 34.9 Å². The van der Waals surface area contributed by atoms with E-state index in [1.807, 2.05) is 6.08 Å². The normalized spacial score (nSPS) is 13.7. The van der Waals surface area contributed by atoms with Crippen LogP contribution in [0.4, 0.5) is 0 Å². The van der Waals surface area contributed by atoms with Crippen molar-refractivity contribution in [3.05, 3.63) is 97.2 Å². The van der Waals surface area contributed by atoms with Gasteiger partial charge >= 0.3 is 0 Å². The molecule has 0 aromatic rings. The summed E-state index contributed by atoms with van der Waals surface area (Å²) in [6, 6.07) is -0.627. The predicted octanol–water partition coefficient (Wildman–Crippen LogP) is 16.6. The van der Waals surface area contributed by atoms with Gasteiger partial charge in [0.05, 0.1) is 18.8 Å². The fourth-order valence-electron chi connectivity index (χ4n) is 7.22. The third kappa shape index (κ3) is 46.4. The van der Waals surface area contributed by atoms with Crippen LogP contribution in [0.3, 0.4) is 0 Å². The molecule has 4 nitrogen and oxygen atoms in total.